The molecule has 2 atom stereocenters. The number of carbonyl (C=O) groups excluding carboxylic acids is 1. The lowest BCUT2D eigenvalue weighted by Crippen LogP contribution is -2.47. The van der Waals surface area contributed by atoms with Crippen molar-refractivity contribution in [2.75, 3.05) is 0 Å². The molecule has 3 aromatic rings. The first-order valence-electron chi connectivity index (χ1n) is 8.77. The number of aromatic amines is 1. The van der Waals surface area contributed by atoms with Gasteiger partial charge in [0.25, 0.3) is 5.91 Å². The molecule has 1 amide bonds. The molecule has 0 aliphatic carbocycles. The summed E-state index contributed by atoms with van der Waals surface area (Å²) in [5, 5.41) is 3.43. The van der Waals surface area contributed by atoms with Crippen molar-refractivity contribution in [1.29, 1.82) is 0 Å². The Morgan fingerprint density at radius 1 is 1.12 bits per heavy atom. The summed E-state index contributed by atoms with van der Waals surface area (Å²) in [5.74, 6) is -0.396. The maximum absolute atomic E-state index is 12.6. The molecule has 0 aliphatic heterocycles. The molecular formula is C21H23N3O2. The molecule has 5 heteroatoms. The van der Waals surface area contributed by atoms with Gasteiger partial charge in [-0.3, -0.25) is 9.59 Å². The second kappa shape index (κ2) is 7.97. The molecule has 4 N–H and O–H groups in total. The van der Waals surface area contributed by atoms with E-state index in [2.05, 4.69) is 10.3 Å². The summed E-state index contributed by atoms with van der Waals surface area (Å²) in [4.78, 5) is 28.2. The van der Waals surface area contributed by atoms with Crippen molar-refractivity contribution < 1.29 is 4.79 Å². The summed E-state index contributed by atoms with van der Waals surface area (Å²) >= 11 is 0. The van der Waals surface area contributed by atoms with Crippen LogP contribution in [-0.4, -0.2) is 23.0 Å². The number of hydrogen-bond donors (Lipinski definition) is 3. The molecule has 0 aliphatic rings. The van der Waals surface area contributed by atoms with Gasteiger partial charge in [0.05, 0.1) is 0 Å². The fourth-order valence-electron chi connectivity index (χ4n) is 3.02. The Kier molecular flexibility index (Phi) is 5.49. The van der Waals surface area contributed by atoms with E-state index in [1.807, 2.05) is 49.4 Å². The van der Waals surface area contributed by atoms with Gasteiger partial charge in [-0.05, 0) is 37.5 Å². The highest BCUT2D eigenvalue weighted by Crippen LogP contribution is 2.10. The van der Waals surface area contributed by atoms with Gasteiger partial charge in [0.2, 0.25) is 5.43 Å². The largest absolute Gasteiger partial charge is 0.360 e. The summed E-state index contributed by atoms with van der Waals surface area (Å²) in [5.41, 5.74) is 7.79. The summed E-state index contributed by atoms with van der Waals surface area (Å²) in [6.07, 6.45) is 2.98. The minimum atomic E-state index is -0.396. The van der Waals surface area contributed by atoms with Crippen molar-refractivity contribution in [2.45, 2.75) is 31.8 Å². The predicted molar refractivity (Wildman–Crippen MR) is 104 cm³/mol. The number of amides is 1. The van der Waals surface area contributed by atoms with Crippen LogP contribution in [0.5, 0.6) is 0 Å². The SMILES string of the molecule is CC(N)C(CCc1ccccc1)NC(=O)c1c[nH]c2ccccc2c1=O. The summed E-state index contributed by atoms with van der Waals surface area (Å²) in [6.45, 7) is 1.86. The van der Waals surface area contributed by atoms with Crippen molar-refractivity contribution >= 4 is 16.8 Å². The van der Waals surface area contributed by atoms with E-state index in [1.165, 1.54) is 11.8 Å². The number of aromatic nitrogens is 1. The van der Waals surface area contributed by atoms with Crippen LogP contribution in [0.25, 0.3) is 10.9 Å². The minimum absolute atomic E-state index is 0.106. The molecule has 26 heavy (non-hydrogen) atoms. The predicted octanol–water partition coefficient (Wildman–Crippen LogP) is 2.61. The number of aryl methyl sites for hydroxylation is 1. The molecule has 2 unspecified atom stereocenters. The van der Waals surface area contributed by atoms with Crippen molar-refractivity contribution in [3.05, 3.63) is 82.1 Å². The van der Waals surface area contributed by atoms with Crippen LogP contribution in [-0.2, 0) is 6.42 Å². The number of para-hydroxylation sites is 1. The van der Waals surface area contributed by atoms with Crippen LogP contribution in [0.1, 0.15) is 29.3 Å². The van der Waals surface area contributed by atoms with E-state index in [-0.39, 0.29) is 23.1 Å². The fraction of sp³-hybridized carbons (Fsp3) is 0.238. The van der Waals surface area contributed by atoms with Crippen molar-refractivity contribution in [3.63, 3.8) is 0 Å². The standard InChI is InChI=1S/C21H23N3O2/c1-14(22)18(12-11-15-7-3-2-4-8-15)24-21(26)17-13-23-19-10-6-5-9-16(19)20(17)25/h2-10,13-14,18H,11-12,22H2,1H3,(H,23,25)(H,24,26). The van der Waals surface area contributed by atoms with Gasteiger partial charge in [0, 0.05) is 29.2 Å². The maximum Gasteiger partial charge on any atom is 0.257 e. The van der Waals surface area contributed by atoms with Crippen LogP contribution in [0.15, 0.2) is 65.6 Å². The molecule has 134 valence electrons. The maximum atomic E-state index is 12.6. The average molecular weight is 349 g/mol. The molecule has 5 nitrogen and oxygen atoms in total. The third-order valence-electron chi connectivity index (χ3n) is 4.57. The quantitative estimate of drug-likeness (QED) is 0.639. The van der Waals surface area contributed by atoms with Crippen molar-refractivity contribution in [2.24, 2.45) is 5.73 Å². The van der Waals surface area contributed by atoms with E-state index in [9.17, 15) is 9.59 Å². The van der Waals surface area contributed by atoms with Crippen molar-refractivity contribution in [3.8, 4) is 0 Å². The first-order chi connectivity index (χ1) is 12.6. The summed E-state index contributed by atoms with van der Waals surface area (Å²) < 4.78 is 0. The van der Waals surface area contributed by atoms with Gasteiger partial charge in [-0.2, -0.15) is 0 Å². The van der Waals surface area contributed by atoms with E-state index in [0.717, 1.165) is 6.42 Å². The van der Waals surface area contributed by atoms with Gasteiger partial charge in [0.1, 0.15) is 5.56 Å². The molecule has 3 rings (SSSR count). The van der Waals surface area contributed by atoms with Gasteiger partial charge in [-0.25, -0.2) is 0 Å². The Morgan fingerprint density at radius 2 is 1.81 bits per heavy atom. The summed E-state index contributed by atoms with van der Waals surface area (Å²) in [7, 11) is 0. The lowest BCUT2D eigenvalue weighted by atomic mass is 10.0. The second-order valence-electron chi connectivity index (χ2n) is 6.54. The van der Waals surface area contributed by atoms with E-state index < -0.39 is 5.91 Å². The van der Waals surface area contributed by atoms with Crippen LogP contribution in [0.3, 0.4) is 0 Å². The highest BCUT2D eigenvalue weighted by atomic mass is 16.2. The Morgan fingerprint density at radius 3 is 2.54 bits per heavy atom. The number of nitrogens with two attached hydrogens (primary N) is 1. The Balaban J connectivity index is 1.76. The van der Waals surface area contributed by atoms with Crippen molar-refractivity contribution in [1.82, 2.24) is 10.3 Å². The zero-order valence-electron chi connectivity index (χ0n) is 14.7. The number of rotatable bonds is 6. The van der Waals surface area contributed by atoms with E-state index in [1.54, 1.807) is 12.1 Å². The summed E-state index contributed by atoms with van der Waals surface area (Å²) in [6, 6.07) is 16.8. The van der Waals surface area contributed by atoms with E-state index in [0.29, 0.717) is 17.3 Å². The van der Waals surface area contributed by atoms with Crippen LogP contribution in [0.2, 0.25) is 0 Å². The first-order valence-corrected chi connectivity index (χ1v) is 8.77. The van der Waals surface area contributed by atoms with Crippen LogP contribution >= 0.6 is 0 Å². The lowest BCUT2D eigenvalue weighted by molar-refractivity contribution is 0.0928. The molecular weight excluding hydrogens is 326 g/mol. The number of H-pyrrole nitrogens is 1. The van der Waals surface area contributed by atoms with Crippen LogP contribution in [0.4, 0.5) is 0 Å². The highest BCUT2D eigenvalue weighted by molar-refractivity contribution is 5.97. The van der Waals surface area contributed by atoms with Gasteiger partial charge in [0.15, 0.2) is 0 Å². The third kappa shape index (κ3) is 4.00. The second-order valence-corrected chi connectivity index (χ2v) is 6.54. The molecule has 0 bridgehead atoms. The van der Waals surface area contributed by atoms with Crippen LogP contribution < -0.4 is 16.5 Å². The van der Waals surface area contributed by atoms with Gasteiger partial charge in [-0.15, -0.1) is 0 Å². The topological polar surface area (TPSA) is 88.0 Å². The number of hydrogen-bond acceptors (Lipinski definition) is 3. The zero-order chi connectivity index (χ0) is 18.5. The molecule has 0 spiro atoms. The highest BCUT2D eigenvalue weighted by Gasteiger charge is 2.20. The van der Waals surface area contributed by atoms with E-state index >= 15 is 0 Å². The number of fused-ring (bicyclic) bond motifs is 1. The van der Waals surface area contributed by atoms with Gasteiger partial charge in [-0.1, -0.05) is 42.5 Å². The lowest BCUT2D eigenvalue weighted by Gasteiger charge is -2.22. The number of nitrogens with one attached hydrogen (secondary N) is 2. The Bertz CT molecular complexity index is 948. The van der Waals surface area contributed by atoms with Crippen LogP contribution in [0, 0.1) is 0 Å². The third-order valence-corrected chi connectivity index (χ3v) is 4.57. The first kappa shape index (κ1) is 17.9. The Hall–Kier alpha value is -2.92. The number of carbonyl (C=O) groups is 1. The molecule has 0 fully saturated rings. The smallest absolute Gasteiger partial charge is 0.257 e. The van der Waals surface area contributed by atoms with Gasteiger partial charge >= 0.3 is 0 Å². The monoisotopic (exact) mass is 349 g/mol. The van der Waals surface area contributed by atoms with E-state index in [4.69, 9.17) is 5.73 Å². The molecule has 0 saturated heterocycles. The van der Waals surface area contributed by atoms with Gasteiger partial charge < -0.3 is 16.0 Å². The Labute approximate surface area is 152 Å². The molecule has 1 aromatic heterocycles. The molecule has 1 heterocycles. The number of pyridine rings is 1. The molecule has 0 radical (unpaired) electrons. The average Bonchev–Trinajstić information content (AvgIpc) is 2.66. The number of benzene rings is 2. The zero-order valence-corrected chi connectivity index (χ0v) is 14.7. The fourth-order valence-corrected chi connectivity index (χ4v) is 3.02. The normalized spacial score (nSPS) is 13.3. The molecule has 0 saturated carbocycles. The minimum Gasteiger partial charge on any atom is -0.360 e. The molecule has 2 aromatic carbocycles.